The maximum absolute atomic E-state index is 11.9. The number of amides is 2. The Morgan fingerprint density at radius 1 is 1.45 bits per heavy atom. The first kappa shape index (κ1) is 14.3. The Morgan fingerprint density at radius 3 is 2.85 bits per heavy atom. The summed E-state index contributed by atoms with van der Waals surface area (Å²) < 4.78 is 5.28. The van der Waals surface area contributed by atoms with Gasteiger partial charge in [-0.15, -0.1) is 11.6 Å². The number of Topliss-reactive ketones (excluding diaryl/α,β-unsaturated/α-hetero) is 1. The van der Waals surface area contributed by atoms with Gasteiger partial charge in [-0.2, -0.15) is 0 Å². The number of hydrogen-bond donors (Lipinski definition) is 1. The molecule has 6 nitrogen and oxygen atoms in total. The maximum Gasteiger partial charge on any atom is 0.265 e. The minimum absolute atomic E-state index is 0.121. The first-order valence-electron chi connectivity index (χ1n) is 5.93. The van der Waals surface area contributed by atoms with Gasteiger partial charge >= 0.3 is 0 Å². The fourth-order valence-corrected chi connectivity index (χ4v) is 2.00. The molecular formula is C13H13ClN2O4. The Balaban J connectivity index is 2.39. The van der Waals surface area contributed by atoms with Crippen molar-refractivity contribution in [2.24, 2.45) is 0 Å². The van der Waals surface area contributed by atoms with Crippen LogP contribution in [0.3, 0.4) is 0 Å². The lowest BCUT2D eigenvalue weighted by Crippen LogP contribution is -2.44. The molecule has 7 heteroatoms. The average molecular weight is 297 g/mol. The smallest absolute Gasteiger partial charge is 0.265 e. The molecule has 1 N–H and O–H groups in total. The van der Waals surface area contributed by atoms with Gasteiger partial charge in [0.2, 0.25) is 5.91 Å². The SMILES string of the molecule is CNC(=O)CN1C(=O)COc2ccc(C(=O)CCl)cc21. The minimum Gasteiger partial charge on any atom is -0.482 e. The third kappa shape index (κ3) is 2.75. The molecule has 1 aliphatic heterocycles. The number of benzene rings is 1. The van der Waals surface area contributed by atoms with Crippen molar-refractivity contribution in [2.75, 3.05) is 31.0 Å². The molecular weight excluding hydrogens is 284 g/mol. The number of carbonyl (C=O) groups excluding carboxylic acids is 3. The van der Waals surface area contributed by atoms with Gasteiger partial charge in [-0.25, -0.2) is 0 Å². The van der Waals surface area contributed by atoms with Crippen LogP contribution >= 0.6 is 11.6 Å². The third-order valence-corrected chi connectivity index (χ3v) is 3.17. The zero-order valence-corrected chi connectivity index (χ0v) is 11.6. The largest absolute Gasteiger partial charge is 0.482 e. The summed E-state index contributed by atoms with van der Waals surface area (Å²) >= 11 is 5.52. The zero-order chi connectivity index (χ0) is 14.7. The van der Waals surface area contributed by atoms with Gasteiger partial charge in [0.15, 0.2) is 12.4 Å². The molecule has 1 aliphatic rings. The van der Waals surface area contributed by atoms with Crippen molar-refractivity contribution >= 4 is 34.9 Å². The van der Waals surface area contributed by atoms with Gasteiger partial charge in [-0.1, -0.05) is 0 Å². The molecule has 0 spiro atoms. The average Bonchev–Trinajstić information content (AvgIpc) is 2.48. The van der Waals surface area contributed by atoms with E-state index in [9.17, 15) is 14.4 Å². The van der Waals surface area contributed by atoms with Crippen molar-refractivity contribution in [3.63, 3.8) is 0 Å². The van der Waals surface area contributed by atoms with E-state index in [-0.39, 0.29) is 36.6 Å². The molecule has 20 heavy (non-hydrogen) atoms. The van der Waals surface area contributed by atoms with E-state index >= 15 is 0 Å². The predicted octanol–water partition coefficient (Wildman–Crippen LogP) is 0.579. The molecule has 1 heterocycles. The number of likely N-dealkylation sites (N-methyl/N-ethyl adjacent to an activating group) is 1. The van der Waals surface area contributed by atoms with Gasteiger partial charge in [0.25, 0.3) is 5.91 Å². The number of anilines is 1. The fraction of sp³-hybridized carbons (Fsp3) is 0.308. The highest BCUT2D eigenvalue weighted by Gasteiger charge is 2.27. The van der Waals surface area contributed by atoms with Crippen molar-refractivity contribution < 1.29 is 19.1 Å². The quantitative estimate of drug-likeness (QED) is 0.651. The van der Waals surface area contributed by atoms with Crippen LogP contribution in [0, 0.1) is 0 Å². The Kier molecular flexibility index (Phi) is 4.24. The lowest BCUT2D eigenvalue weighted by Gasteiger charge is -2.29. The molecule has 0 saturated carbocycles. The number of ether oxygens (including phenoxy) is 1. The summed E-state index contributed by atoms with van der Waals surface area (Å²) in [6.45, 7) is -0.253. The van der Waals surface area contributed by atoms with Crippen LogP contribution in [0.5, 0.6) is 5.75 Å². The Labute approximate surface area is 120 Å². The van der Waals surface area contributed by atoms with E-state index in [1.165, 1.54) is 18.0 Å². The normalized spacial score (nSPS) is 13.5. The van der Waals surface area contributed by atoms with Crippen LogP contribution in [0.25, 0.3) is 0 Å². The predicted molar refractivity (Wildman–Crippen MR) is 73.4 cm³/mol. The number of fused-ring (bicyclic) bond motifs is 1. The van der Waals surface area contributed by atoms with Crippen molar-refractivity contribution in [1.29, 1.82) is 0 Å². The van der Waals surface area contributed by atoms with Crippen LogP contribution in [-0.2, 0) is 9.59 Å². The maximum atomic E-state index is 11.9. The first-order valence-corrected chi connectivity index (χ1v) is 6.47. The second-order valence-electron chi connectivity index (χ2n) is 4.18. The number of rotatable bonds is 4. The molecule has 0 aromatic heterocycles. The standard InChI is InChI=1S/C13H13ClN2O4/c1-15-12(18)6-16-9-4-8(10(17)5-14)2-3-11(9)20-7-13(16)19/h2-4H,5-7H2,1H3,(H,15,18). The van der Waals surface area contributed by atoms with E-state index < -0.39 is 0 Å². The highest BCUT2D eigenvalue weighted by atomic mass is 35.5. The van der Waals surface area contributed by atoms with E-state index in [1.807, 2.05) is 0 Å². The second-order valence-corrected chi connectivity index (χ2v) is 4.45. The summed E-state index contributed by atoms with van der Waals surface area (Å²) in [6, 6.07) is 4.69. The van der Waals surface area contributed by atoms with E-state index in [1.54, 1.807) is 12.1 Å². The molecule has 106 valence electrons. The van der Waals surface area contributed by atoms with Gasteiger partial charge in [0.05, 0.1) is 11.6 Å². The molecule has 0 radical (unpaired) electrons. The van der Waals surface area contributed by atoms with Gasteiger partial charge < -0.3 is 10.1 Å². The highest BCUT2D eigenvalue weighted by molar-refractivity contribution is 6.30. The zero-order valence-electron chi connectivity index (χ0n) is 10.8. The number of hydrogen-bond acceptors (Lipinski definition) is 4. The number of nitrogens with one attached hydrogen (secondary N) is 1. The second kappa shape index (κ2) is 5.92. The van der Waals surface area contributed by atoms with Gasteiger partial charge in [-0.05, 0) is 18.2 Å². The van der Waals surface area contributed by atoms with Gasteiger partial charge in [-0.3, -0.25) is 19.3 Å². The van der Waals surface area contributed by atoms with Crippen molar-refractivity contribution in [1.82, 2.24) is 5.32 Å². The lowest BCUT2D eigenvalue weighted by molar-refractivity contribution is -0.125. The third-order valence-electron chi connectivity index (χ3n) is 2.93. The van der Waals surface area contributed by atoms with E-state index in [2.05, 4.69) is 5.32 Å². The summed E-state index contributed by atoms with van der Waals surface area (Å²) in [4.78, 5) is 36.3. The number of ketones is 1. The summed E-state index contributed by atoms with van der Waals surface area (Å²) in [5.41, 5.74) is 0.778. The number of halogens is 1. The Morgan fingerprint density at radius 2 is 2.20 bits per heavy atom. The van der Waals surface area contributed by atoms with Crippen LogP contribution in [0.1, 0.15) is 10.4 Å². The highest BCUT2D eigenvalue weighted by Crippen LogP contribution is 2.33. The van der Waals surface area contributed by atoms with E-state index in [0.29, 0.717) is 17.0 Å². The fourth-order valence-electron chi connectivity index (χ4n) is 1.85. The molecule has 0 saturated heterocycles. The molecule has 1 aromatic carbocycles. The first-order chi connectivity index (χ1) is 9.56. The summed E-state index contributed by atoms with van der Waals surface area (Å²) in [6.07, 6.45) is 0. The number of alkyl halides is 1. The van der Waals surface area contributed by atoms with Crippen molar-refractivity contribution in [2.45, 2.75) is 0 Å². The molecule has 0 unspecified atom stereocenters. The molecule has 2 rings (SSSR count). The number of carbonyl (C=O) groups is 3. The monoisotopic (exact) mass is 296 g/mol. The summed E-state index contributed by atoms with van der Waals surface area (Å²) in [7, 11) is 1.49. The van der Waals surface area contributed by atoms with E-state index in [0.717, 1.165) is 0 Å². The Hall–Kier alpha value is -2.08. The summed E-state index contributed by atoms with van der Waals surface area (Å²) in [5.74, 6) is -0.591. The van der Waals surface area contributed by atoms with Crippen LogP contribution in [0.2, 0.25) is 0 Å². The molecule has 0 atom stereocenters. The van der Waals surface area contributed by atoms with Gasteiger partial charge in [0.1, 0.15) is 12.3 Å². The molecule has 0 aliphatic carbocycles. The van der Waals surface area contributed by atoms with Crippen LogP contribution in [0.15, 0.2) is 18.2 Å². The van der Waals surface area contributed by atoms with Crippen molar-refractivity contribution in [3.8, 4) is 5.75 Å². The molecule has 0 bridgehead atoms. The molecule has 0 fully saturated rings. The Bertz CT molecular complexity index is 573. The topological polar surface area (TPSA) is 75.7 Å². The lowest BCUT2D eigenvalue weighted by atomic mass is 10.1. The van der Waals surface area contributed by atoms with Crippen LogP contribution in [-0.4, -0.2) is 43.7 Å². The van der Waals surface area contributed by atoms with Crippen LogP contribution in [0.4, 0.5) is 5.69 Å². The molecule has 2 amide bonds. The molecule has 1 aromatic rings. The van der Waals surface area contributed by atoms with Gasteiger partial charge in [0, 0.05) is 12.6 Å². The number of nitrogens with zero attached hydrogens (tertiary/aromatic N) is 1. The minimum atomic E-state index is -0.337. The summed E-state index contributed by atoms with van der Waals surface area (Å²) in [5, 5.41) is 2.45. The van der Waals surface area contributed by atoms with Crippen molar-refractivity contribution in [3.05, 3.63) is 23.8 Å². The van der Waals surface area contributed by atoms with Crippen LogP contribution < -0.4 is 15.0 Å². The van der Waals surface area contributed by atoms with E-state index in [4.69, 9.17) is 16.3 Å².